The molecule has 19 heavy (non-hydrogen) atoms. The molecule has 1 aromatic carbocycles. The Bertz CT molecular complexity index is 628. The molecule has 0 bridgehead atoms. The second-order valence-electron chi connectivity index (χ2n) is 4.20. The van der Waals surface area contributed by atoms with Crippen LogP contribution in [0, 0.1) is 0 Å². The van der Waals surface area contributed by atoms with Crippen LogP contribution in [-0.2, 0) is 18.5 Å². The number of aryl methyl sites for hydroxylation is 1. The van der Waals surface area contributed by atoms with E-state index in [1.54, 1.807) is 48.3 Å². The molecule has 0 unspecified atom stereocenters. The number of rotatable bonds is 3. The van der Waals surface area contributed by atoms with Gasteiger partial charge in [0.15, 0.2) is 0 Å². The van der Waals surface area contributed by atoms with Gasteiger partial charge in [-0.25, -0.2) is 0 Å². The van der Waals surface area contributed by atoms with E-state index in [-0.39, 0.29) is 6.61 Å². The molecule has 0 fully saturated rings. The summed E-state index contributed by atoms with van der Waals surface area (Å²) in [7, 11) is 1.78. The molecule has 1 aliphatic rings. The van der Waals surface area contributed by atoms with Gasteiger partial charge in [-0.05, 0) is 18.2 Å². The van der Waals surface area contributed by atoms with Crippen LogP contribution in [0.15, 0.2) is 36.5 Å². The van der Waals surface area contributed by atoms with Gasteiger partial charge < -0.3 is 0 Å². The molecule has 0 saturated heterocycles. The van der Waals surface area contributed by atoms with Crippen LogP contribution in [0.1, 0.15) is 26.4 Å². The van der Waals surface area contributed by atoms with Crippen LogP contribution in [0.3, 0.4) is 0 Å². The minimum atomic E-state index is -0.434. The number of amides is 2. The number of carbonyl (C=O) groups is 2. The Morgan fingerprint density at radius 1 is 1.11 bits per heavy atom. The van der Waals surface area contributed by atoms with E-state index in [9.17, 15) is 9.59 Å². The van der Waals surface area contributed by atoms with Crippen LogP contribution < -0.4 is 0 Å². The fourth-order valence-electron chi connectivity index (χ4n) is 1.96. The maximum absolute atomic E-state index is 12.0. The third-order valence-electron chi connectivity index (χ3n) is 2.87. The van der Waals surface area contributed by atoms with Gasteiger partial charge in [-0.2, -0.15) is 5.10 Å². The second-order valence-corrected chi connectivity index (χ2v) is 4.20. The fraction of sp³-hybridized carbons (Fsp3) is 0.154. The molecule has 0 saturated carbocycles. The van der Waals surface area contributed by atoms with E-state index in [0.29, 0.717) is 16.8 Å². The van der Waals surface area contributed by atoms with E-state index in [1.165, 1.54) is 0 Å². The number of carbonyl (C=O) groups excluding carboxylic acids is 2. The molecule has 6 nitrogen and oxygen atoms in total. The topological polar surface area (TPSA) is 64.4 Å². The zero-order chi connectivity index (χ0) is 13.4. The van der Waals surface area contributed by atoms with Gasteiger partial charge in [0.2, 0.25) is 0 Å². The molecule has 2 heterocycles. The summed E-state index contributed by atoms with van der Waals surface area (Å²) in [4.78, 5) is 29.2. The fourth-order valence-corrected chi connectivity index (χ4v) is 1.96. The number of imide groups is 1. The van der Waals surface area contributed by atoms with Crippen molar-refractivity contribution in [1.29, 1.82) is 0 Å². The lowest BCUT2D eigenvalue weighted by atomic mass is 10.1. The molecule has 0 aliphatic carbocycles. The quantitative estimate of drug-likeness (QED) is 0.774. The molecule has 0 N–H and O–H groups in total. The maximum Gasteiger partial charge on any atom is 0.285 e. The van der Waals surface area contributed by atoms with E-state index in [0.717, 1.165) is 5.06 Å². The Kier molecular flexibility index (Phi) is 2.64. The summed E-state index contributed by atoms with van der Waals surface area (Å²) in [5.41, 5.74) is 1.39. The lowest BCUT2D eigenvalue weighted by Gasteiger charge is -2.11. The van der Waals surface area contributed by atoms with Gasteiger partial charge in [0.05, 0.1) is 16.8 Å². The van der Waals surface area contributed by atoms with Crippen molar-refractivity contribution in [3.63, 3.8) is 0 Å². The highest BCUT2D eigenvalue weighted by Crippen LogP contribution is 2.22. The monoisotopic (exact) mass is 257 g/mol. The van der Waals surface area contributed by atoms with Gasteiger partial charge in [-0.15, -0.1) is 5.06 Å². The summed E-state index contributed by atoms with van der Waals surface area (Å²) in [5, 5.41) is 4.90. The molecular formula is C13H11N3O3. The van der Waals surface area contributed by atoms with Crippen LogP contribution in [0.2, 0.25) is 0 Å². The summed E-state index contributed by atoms with van der Waals surface area (Å²) in [6, 6.07) is 8.41. The third-order valence-corrected chi connectivity index (χ3v) is 2.87. The third kappa shape index (κ3) is 1.92. The highest BCUT2D eigenvalue weighted by Gasteiger charge is 2.36. The molecular weight excluding hydrogens is 246 g/mol. The van der Waals surface area contributed by atoms with Crippen molar-refractivity contribution in [3.8, 4) is 0 Å². The van der Waals surface area contributed by atoms with Crippen molar-refractivity contribution < 1.29 is 14.4 Å². The summed E-state index contributed by atoms with van der Waals surface area (Å²) in [6.45, 7) is 0.0757. The minimum Gasteiger partial charge on any atom is -0.275 e. The standard InChI is InChI=1S/C13H11N3O3/c1-15-7-6-9(14-15)8-19-16-12(17)10-4-2-3-5-11(10)13(16)18/h2-7H,8H2,1H3. The highest BCUT2D eigenvalue weighted by atomic mass is 16.7. The van der Waals surface area contributed by atoms with Gasteiger partial charge in [0, 0.05) is 13.2 Å². The van der Waals surface area contributed by atoms with Gasteiger partial charge in [0.25, 0.3) is 11.8 Å². The predicted octanol–water partition coefficient (Wildman–Crippen LogP) is 1.15. The smallest absolute Gasteiger partial charge is 0.275 e. The van der Waals surface area contributed by atoms with Crippen LogP contribution in [0.4, 0.5) is 0 Å². The number of benzene rings is 1. The Labute approximate surface area is 109 Å². The van der Waals surface area contributed by atoms with Crippen molar-refractivity contribution in [2.24, 2.45) is 7.05 Å². The first-order chi connectivity index (χ1) is 9.16. The van der Waals surface area contributed by atoms with Crippen molar-refractivity contribution >= 4 is 11.8 Å². The molecule has 0 radical (unpaired) electrons. The van der Waals surface area contributed by atoms with Gasteiger partial charge in [0.1, 0.15) is 6.61 Å². The lowest BCUT2D eigenvalue weighted by molar-refractivity contribution is -0.102. The van der Waals surface area contributed by atoms with Crippen molar-refractivity contribution in [3.05, 3.63) is 53.3 Å². The van der Waals surface area contributed by atoms with Crippen LogP contribution in [0.5, 0.6) is 0 Å². The summed E-state index contributed by atoms with van der Waals surface area (Å²) < 4.78 is 1.63. The molecule has 2 aromatic rings. The predicted molar refractivity (Wildman–Crippen MR) is 64.9 cm³/mol. The summed E-state index contributed by atoms with van der Waals surface area (Å²) in [5.74, 6) is -0.868. The molecule has 96 valence electrons. The molecule has 2 amide bonds. The summed E-state index contributed by atoms with van der Waals surface area (Å²) >= 11 is 0. The van der Waals surface area contributed by atoms with Crippen molar-refractivity contribution in [2.45, 2.75) is 6.61 Å². The Hall–Kier alpha value is -2.47. The Morgan fingerprint density at radius 3 is 2.26 bits per heavy atom. The largest absolute Gasteiger partial charge is 0.285 e. The van der Waals surface area contributed by atoms with Crippen molar-refractivity contribution in [1.82, 2.24) is 14.8 Å². The molecule has 0 spiro atoms. The average molecular weight is 257 g/mol. The van der Waals surface area contributed by atoms with Crippen LogP contribution in [0.25, 0.3) is 0 Å². The number of aromatic nitrogens is 2. The highest BCUT2D eigenvalue weighted by molar-refractivity contribution is 6.20. The van der Waals surface area contributed by atoms with Gasteiger partial charge >= 0.3 is 0 Å². The second kappa shape index (κ2) is 4.33. The Morgan fingerprint density at radius 2 is 1.74 bits per heavy atom. The van der Waals surface area contributed by atoms with E-state index in [2.05, 4.69) is 5.10 Å². The normalized spacial score (nSPS) is 14.1. The zero-order valence-corrected chi connectivity index (χ0v) is 10.2. The summed E-state index contributed by atoms with van der Waals surface area (Å²) in [6.07, 6.45) is 1.76. The maximum atomic E-state index is 12.0. The van der Waals surface area contributed by atoms with E-state index in [1.807, 2.05) is 0 Å². The average Bonchev–Trinajstić information content (AvgIpc) is 2.93. The number of fused-ring (bicyclic) bond motifs is 1. The number of nitrogens with zero attached hydrogens (tertiary/aromatic N) is 3. The number of hydrogen-bond acceptors (Lipinski definition) is 4. The van der Waals surface area contributed by atoms with Gasteiger partial charge in [-0.3, -0.25) is 19.1 Å². The molecule has 0 atom stereocenters. The van der Waals surface area contributed by atoms with E-state index < -0.39 is 11.8 Å². The lowest BCUT2D eigenvalue weighted by Crippen LogP contribution is -2.29. The first-order valence-corrected chi connectivity index (χ1v) is 5.76. The van der Waals surface area contributed by atoms with Crippen molar-refractivity contribution in [2.75, 3.05) is 0 Å². The van der Waals surface area contributed by atoms with Crippen LogP contribution >= 0.6 is 0 Å². The molecule has 1 aromatic heterocycles. The first kappa shape index (κ1) is 11.6. The van der Waals surface area contributed by atoms with Crippen LogP contribution in [-0.4, -0.2) is 26.7 Å². The van der Waals surface area contributed by atoms with Gasteiger partial charge in [-0.1, -0.05) is 12.1 Å². The Balaban J connectivity index is 1.77. The number of hydrogen-bond donors (Lipinski definition) is 0. The molecule has 6 heteroatoms. The van der Waals surface area contributed by atoms with E-state index in [4.69, 9.17) is 4.84 Å². The molecule has 3 rings (SSSR count). The number of hydroxylamine groups is 2. The molecule has 1 aliphatic heterocycles. The SMILES string of the molecule is Cn1ccc(CON2C(=O)c3ccccc3C2=O)n1. The zero-order valence-electron chi connectivity index (χ0n) is 10.2. The minimum absolute atomic E-state index is 0.0757. The van der Waals surface area contributed by atoms with E-state index >= 15 is 0 Å². The first-order valence-electron chi connectivity index (χ1n) is 5.76.